The van der Waals surface area contributed by atoms with Crippen LogP contribution in [0.2, 0.25) is 0 Å². The Labute approximate surface area is 116 Å². The Morgan fingerprint density at radius 2 is 2.06 bits per heavy atom. The highest BCUT2D eigenvalue weighted by Gasteiger charge is 2.19. The molecule has 1 heterocycles. The third kappa shape index (κ3) is 6.12. The fourth-order valence-electron chi connectivity index (χ4n) is 2.07. The number of aliphatic hydroxyl groups excluding tert-OH is 1. The van der Waals surface area contributed by atoms with E-state index < -0.39 is 0 Å². The molecule has 1 aliphatic rings. The average molecular weight is 273 g/mol. The van der Waals surface area contributed by atoms with E-state index in [0.717, 1.165) is 44.9 Å². The Bertz CT molecular complexity index is 240. The largest absolute Gasteiger partial charge is 0.513 e. The third-order valence-electron chi connectivity index (χ3n) is 3.11. The molecule has 18 heavy (non-hydrogen) atoms. The molecule has 1 aliphatic heterocycles. The van der Waals surface area contributed by atoms with E-state index in [2.05, 4.69) is 18.7 Å². The molecule has 0 amide bonds. The summed E-state index contributed by atoms with van der Waals surface area (Å²) >= 11 is 1.88. The van der Waals surface area contributed by atoms with Crippen LogP contribution in [0.5, 0.6) is 0 Å². The smallest absolute Gasteiger partial charge is 0.0907 e. The monoisotopic (exact) mass is 273 g/mol. The number of unbranched alkanes of at least 4 members (excludes halogenated alkanes) is 2. The maximum absolute atomic E-state index is 9.99. The van der Waals surface area contributed by atoms with Gasteiger partial charge in [-0.25, -0.2) is 0 Å². The first-order valence-electron chi connectivity index (χ1n) is 7.11. The van der Waals surface area contributed by atoms with E-state index in [0.29, 0.717) is 11.1 Å². The van der Waals surface area contributed by atoms with Gasteiger partial charge in [0.25, 0.3) is 0 Å². The lowest BCUT2D eigenvalue weighted by Crippen LogP contribution is -2.41. The van der Waals surface area contributed by atoms with E-state index in [-0.39, 0.29) is 0 Å². The number of hydrogen-bond donors (Lipinski definition) is 1. The van der Waals surface area contributed by atoms with Crippen LogP contribution in [-0.4, -0.2) is 47.4 Å². The standard InChI is InChI=1S/C14H27NO2S/c1-3-5-6-7-13(16)12-14(18-4-2)15-8-10-17-11-9-15/h12,14,16H,3-11H2,1-2H3. The number of hydrogen-bond acceptors (Lipinski definition) is 4. The van der Waals surface area contributed by atoms with Crippen LogP contribution in [-0.2, 0) is 4.74 Å². The van der Waals surface area contributed by atoms with Crippen LogP contribution < -0.4 is 0 Å². The molecular weight excluding hydrogens is 246 g/mol. The molecule has 3 nitrogen and oxygen atoms in total. The van der Waals surface area contributed by atoms with E-state index in [1.165, 1.54) is 12.8 Å². The van der Waals surface area contributed by atoms with Crippen LogP contribution in [0, 0.1) is 0 Å². The lowest BCUT2D eigenvalue weighted by Gasteiger charge is -2.32. The molecule has 106 valence electrons. The van der Waals surface area contributed by atoms with Crippen LogP contribution in [0.1, 0.15) is 39.5 Å². The van der Waals surface area contributed by atoms with Crippen LogP contribution in [0.3, 0.4) is 0 Å². The Morgan fingerprint density at radius 3 is 2.67 bits per heavy atom. The van der Waals surface area contributed by atoms with Crippen LogP contribution in [0.4, 0.5) is 0 Å². The van der Waals surface area contributed by atoms with E-state index in [4.69, 9.17) is 4.74 Å². The summed E-state index contributed by atoms with van der Waals surface area (Å²) in [6.45, 7) is 7.91. The molecule has 1 unspecified atom stereocenters. The molecule has 0 saturated carbocycles. The van der Waals surface area contributed by atoms with Crippen molar-refractivity contribution in [1.82, 2.24) is 4.90 Å². The van der Waals surface area contributed by atoms with Crippen molar-refractivity contribution >= 4 is 11.8 Å². The molecule has 4 heteroatoms. The first-order chi connectivity index (χ1) is 8.77. The zero-order valence-corrected chi connectivity index (χ0v) is 12.5. The number of rotatable bonds is 8. The molecule has 1 fully saturated rings. The summed E-state index contributed by atoms with van der Waals surface area (Å²) in [6.07, 6.45) is 6.34. The summed E-state index contributed by atoms with van der Waals surface area (Å²) in [6, 6.07) is 0. The number of allylic oxidation sites excluding steroid dienone is 1. The zero-order valence-electron chi connectivity index (χ0n) is 11.7. The van der Waals surface area contributed by atoms with Gasteiger partial charge < -0.3 is 9.84 Å². The van der Waals surface area contributed by atoms with Crippen molar-refractivity contribution in [2.75, 3.05) is 32.1 Å². The number of aliphatic hydroxyl groups is 1. The number of nitrogens with zero attached hydrogens (tertiary/aromatic N) is 1. The van der Waals surface area contributed by atoms with Gasteiger partial charge in [0, 0.05) is 19.5 Å². The molecule has 1 saturated heterocycles. The predicted molar refractivity (Wildman–Crippen MR) is 79.2 cm³/mol. The van der Waals surface area contributed by atoms with Gasteiger partial charge in [-0.2, -0.15) is 0 Å². The first kappa shape index (κ1) is 15.9. The molecule has 0 bridgehead atoms. The van der Waals surface area contributed by atoms with Crippen molar-refractivity contribution in [3.8, 4) is 0 Å². The van der Waals surface area contributed by atoms with E-state index >= 15 is 0 Å². The van der Waals surface area contributed by atoms with Gasteiger partial charge in [0.1, 0.15) is 0 Å². The SMILES string of the molecule is CCCCCC(O)=CC(SCC)N1CCOCC1. The fraction of sp³-hybridized carbons (Fsp3) is 0.857. The highest BCUT2D eigenvalue weighted by Crippen LogP contribution is 2.20. The van der Waals surface area contributed by atoms with Gasteiger partial charge in [0.15, 0.2) is 0 Å². The lowest BCUT2D eigenvalue weighted by molar-refractivity contribution is 0.0382. The average Bonchev–Trinajstić information content (AvgIpc) is 2.39. The highest BCUT2D eigenvalue weighted by molar-refractivity contribution is 7.99. The normalized spacial score (nSPS) is 20.0. The van der Waals surface area contributed by atoms with Crippen LogP contribution in [0.15, 0.2) is 11.8 Å². The summed E-state index contributed by atoms with van der Waals surface area (Å²) in [4.78, 5) is 2.40. The van der Waals surface area contributed by atoms with Crippen molar-refractivity contribution in [1.29, 1.82) is 0 Å². The van der Waals surface area contributed by atoms with Gasteiger partial charge in [0.05, 0.1) is 24.3 Å². The summed E-state index contributed by atoms with van der Waals surface area (Å²) < 4.78 is 5.38. The summed E-state index contributed by atoms with van der Waals surface area (Å²) in [5.74, 6) is 1.63. The predicted octanol–water partition coefficient (Wildman–Crippen LogP) is 3.42. The van der Waals surface area contributed by atoms with E-state index in [9.17, 15) is 5.11 Å². The van der Waals surface area contributed by atoms with Gasteiger partial charge >= 0.3 is 0 Å². The number of thioether (sulfide) groups is 1. The van der Waals surface area contributed by atoms with Crippen molar-refractivity contribution in [2.24, 2.45) is 0 Å². The second kappa shape index (κ2) is 9.70. The van der Waals surface area contributed by atoms with Crippen molar-refractivity contribution in [3.63, 3.8) is 0 Å². The van der Waals surface area contributed by atoms with Gasteiger partial charge in [-0.3, -0.25) is 4.90 Å². The van der Waals surface area contributed by atoms with Crippen molar-refractivity contribution in [3.05, 3.63) is 11.8 Å². The molecule has 0 aromatic rings. The van der Waals surface area contributed by atoms with E-state index in [1.54, 1.807) is 0 Å². The minimum absolute atomic E-state index is 0.306. The van der Waals surface area contributed by atoms with Gasteiger partial charge in [0.2, 0.25) is 0 Å². The molecule has 1 atom stereocenters. The summed E-state index contributed by atoms with van der Waals surface area (Å²) in [5.41, 5.74) is 0. The fourth-order valence-corrected chi connectivity index (χ4v) is 3.08. The minimum Gasteiger partial charge on any atom is -0.513 e. The highest BCUT2D eigenvalue weighted by atomic mass is 32.2. The molecule has 0 aliphatic carbocycles. The lowest BCUT2D eigenvalue weighted by atomic mass is 10.2. The Balaban J connectivity index is 2.46. The maximum Gasteiger partial charge on any atom is 0.0907 e. The van der Waals surface area contributed by atoms with Gasteiger partial charge in [-0.15, -0.1) is 11.8 Å². The Hall–Kier alpha value is -0.190. The molecule has 0 spiro atoms. The molecule has 0 radical (unpaired) electrons. The topological polar surface area (TPSA) is 32.7 Å². The number of ether oxygens (including phenoxy) is 1. The second-order valence-electron chi connectivity index (χ2n) is 4.61. The molecule has 1 N–H and O–H groups in total. The molecule has 1 rings (SSSR count). The van der Waals surface area contributed by atoms with E-state index in [1.807, 2.05) is 17.8 Å². The number of morpholine rings is 1. The quantitative estimate of drug-likeness (QED) is 0.542. The van der Waals surface area contributed by atoms with Crippen LogP contribution >= 0.6 is 11.8 Å². The first-order valence-corrected chi connectivity index (χ1v) is 8.15. The van der Waals surface area contributed by atoms with Gasteiger partial charge in [-0.05, 0) is 18.2 Å². The second-order valence-corrected chi connectivity index (χ2v) is 6.00. The van der Waals surface area contributed by atoms with Crippen molar-refractivity contribution < 1.29 is 9.84 Å². The molecular formula is C14H27NO2S. The van der Waals surface area contributed by atoms with Gasteiger partial charge in [-0.1, -0.05) is 26.7 Å². The minimum atomic E-state index is 0.306. The third-order valence-corrected chi connectivity index (χ3v) is 4.22. The van der Waals surface area contributed by atoms with Crippen LogP contribution in [0.25, 0.3) is 0 Å². The Morgan fingerprint density at radius 1 is 1.33 bits per heavy atom. The summed E-state index contributed by atoms with van der Waals surface area (Å²) in [5, 5.41) is 10.3. The zero-order chi connectivity index (χ0) is 13.2. The maximum atomic E-state index is 9.99. The molecule has 0 aromatic carbocycles. The molecule has 0 aromatic heterocycles. The summed E-state index contributed by atoms with van der Waals surface area (Å²) in [7, 11) is 0. The van der Waals surface area contributed by atoms with Crippen molar-refractivity contribution in [2.45, 2.75) is 44.9 Å². The Kier molecular flexibility index (Phi) is 8.55.